The summed E-state index contributed by atoms with van der Waals surface area (Å²) in [6.45, 7) is 3.71. The maximum Gasteiger partial charge on any atom is 0.310 e. The molecule has 0 fully saturated rings. The van der Waals surface area contributed by atoms with Gasteiger partial charge in [0.05, 0.1) is 18.3 Å². The van der Waals surface area contributed by atoms with Gasteiger partial charge in [-0.3, -0.25) is 19.2 Å². The van der Waals surface area contributed by atoms with Crippen molar-refractivity contribution in [2.24, 2.45) is 23.7 Å². The molecule has 0 aromatic heterocycles. The van der Waals surface area contributed by atoms with Gasteiger partial charge in [-0.2, -0.15) is 0 Å². The summed E-state index contributed by atoms with van der Waals surface area (Å²) in [6.07, 6.45) is 13.0. The molecule has 0 aromatic carbocycles. The lowest BCUT2D eigenvalue weighted by Crippen LogP contribution is -2.19. The molecule has 32 heavy (non-hydrogen) atoms. The van der Waals surface area contributed by atoms with E-state index in [4.69, 9.17) is 10.2 Å². The highest BCUT2D eigenvalue weighted by atomic mass is 16.4. The highest BCUT2D eigenvalue weighted by Gasteiger charge is 2.21. The van der Waals surface area contributed by atoms with E-state index in [2.05, 4.69) is 0 Å². The summed E-state index contributed by atoms with van der Waals surface area (Å²) in [5.41, 5.74) is 0. The van der Waals surface area contributed by atoms with Crippen molar-refractivity contribution in [1.29, 1.82) is 0 Å². The molecule has 0 aliphatic rings. The van der Waals surface area contributed by atoms with E-state index in [1.807, 2.05) is 13.0 Å². The molecule has 0 rings (SSSR count). The molecule has 0 bridgehead atoms. The third kappa shape index (κ3) is 15.2. The summed E-state index contributed by atoms with van der Waals surface area (Å²) in [4.78, 5) is 44.1. The van der Waals surface area contributed by atoms with Gasteiger partial charge in [0.1, 0.15) is 0 Å². The molecule has 181 valence electrons. The number of carboxylic acid groups (broad SMARTS) is 4. The first-order valence-corrected chi connectivity index (χ1v) is 11.1. The SMILES string of the molecule is CC(C=CC(C(=O)O)C(C)C=CC(CCCCCC(=O)O)C(=O)O)CCCC[CH]C(=O)O. The van der Waals surface area contributed by atoms with Gasteiger partial charge in [-0.1, -0.05) is 63.8 Å². The van der Waals surface area contributed by atoms with Crippen LogP contribution in [0, 0.1) is 30.1 Å². The van der Waals surface area contributed by atoms with E-state index in [1.165, 1.54) is 12.5 Å². The molecule has 0 aliphatic carbocycles. The van der Waals surface area contributed by atoms with E-state index in [0.717, 1.165) is 19.3 Å². The van der Waals surface area contributed by atoms with Crippen LogP contribution in [0.4, 0.5) is 0 Å². The molecule has 0 heterocycles. The predicted molar refractivity (Wildman–Crippen MR) is 120 cm³/mol. The summed E-state index contributed by atoms with van der Waals surface area (Å²) in [5.74, 6) is -5.52. The van der Waals surface area contributed by atoms with Gasteiger partial charge in [0.15, 0.2) is 0 Å². The topological polar surface area (TPSA) is 149 Å². The van der Waals surface area contributed by atoms with Crippen molar-refractivity contribution >= 4 is 23.9 Å². The predicted octanol–water partition coefficient (Wildman–Crippen LogP) is 4.66. The number of rotatable bonds is 19. The number of unbranched alkanes of at least 4 members (excludes halogenated alkanes) is 4. The number of carboxylic acids is 4. The molecular formula is C24H37O8. The van der Waals surface area contributed by atoms with Crippen LogP contribution in [-0.2, 0) is 19.2 Å². The quantitative estimate of drug-likeness (QED) is 0.163. The van der Waals surface area contributed by atoms with Crippen molar-refractivity contribution in [2.45, 2.75) is 71.6 Å². The molecule has 0 saturated heterocycles. The zero-order valence-corrected chi connectivity index (χ0v) is 19.0. The molecule has 0 saturated carbocycles. The fourth-order valence-corrected chi connectivity index (χ4v) is 3.27. The fourth-order valence-electron chi connectivity index (χ4n) is 3.27. The average molecular weight is 454 g/mol. The summed E-state index contributed by atoms with van der Waals surface area (Å²) in [5, 5.41) is 36.2. The minimum atomic E-state index is -0.984. The number of aliphatic carboxylic acids is 4. The second kappa shape index (κ2) is 17.0. The fraction of sp³-hybridized carbons (Fsp3) is 0.625. The van der Waals surface area contributed by atoms with Crippen molar-refractivity contribution in [2.75, 3.05) is 0 Å². The van der Waals surface area contributed by atoms with E-state index < -0.39 is 41.6 Å². The molecule has 8 nitrogen and oxygen atoms in total. The maximum atomic E-state index is 11.7. The van der Waals surface area contributed by atoms with Crippen LogP contribution in [0.25, 0.3) is 0 Å². The van der Waals surface area contributed by atoms with Gasteiger partial charge in [0.2, 0.25) is 0 Å². The van der Waals surface area contributed by atoms with Gasteiger partial charge in [0.25, 0.3) is 0 Å². The van der Waals surface area contributed by atoms with Crippen molar-refractivity contribution in [3.8, 4) is 0 Å². The van der Waals surface area contributed by atoms with E-state index in [-0.39, 0.29) is 12.3 Å². The minimum absolute atomic E-state index is 0.0659. The number of carbonyl (C=O) groups is 4. The van der Waals surface area contributed by atoms with Gasteiger partial charge < -0.3 is 20.4 Å². The molecule has 0 amide bonds. The number of hydrogen-bond donors (Lipinski definition) is 4. The second-order valence-electron chi connectivity index (χ2n) is 8.23. The Morgan fingerprint density at radius 2 is 1.38 bits per heavy atom. The Balaban J connectivity index is 4.68. The Labute approximate surface area is 190 Å². The Morgan fingerprint density at radius 3 is 1.94 bits per heavy atom. The zero-order chi connectivity index (χ0) is 24.5. The van der Waals surface area contributed by atoms with Crippen molar-refractivity contribution in [1.82, 2.24) is 0 Å². The lowest BCUT2D eigenvalue weighted by molar-refractivity contribution is -0.141. The van der Waals surface area contributed by atoms with Crippen molar-refractivity contribution in [3.05, 3.63) is 30.7 Å². The van der Waals surface area contributed by atoms with Gasteiger partial charge in [-0.15, -0.1) is 0 Å². The first-order chi connectivity index (χ1) is 15.0. The first kappa shape index (κ1) is 29.4. The highest BCUT2D eigenvalue weighted by molar-refractivity contribution is 5.76. The van der Waals surface area contributed by atoms with Crippen LogP contribution in [0.5, 0.6) is 0 Å². The Hall–Kier alpha value is -2.64. The highest BCUT2D eigenvalue weighted by Crippen LogP contribution is 2.21. The molecule has 4 N–H and O–H groups in total. The third-order valence-corrected chi connectivity index (χ3v) is 5.30. The summed E-state index contributed by atoms with van der Waals surface area (Å²) >= 11 is 0. The lowest BCUT2D eigenvalue weighted by atomic mass is 9.89. The first-order valence-electron chi connectivity index (χ1n) is 11.1. The summed E-state index contributed by atoms with van der Waals surface area (Å²) < 4.78 is 0. The summed E-state index contributed by atoms with van der Waals surface area (Å²) in [6, 6.07) is 0. The van der Waals surface area contributed by atoms with Crippen LogP contribution in [0.1, 0.15) is 71.6 Å². The van der Waals surface area contributed by atoms with Crippen molar-refractivity contribution < 1.29 is 39.6 Å². The average Bonchev–Trinajstić information content (AvgIpc) is 2.68. The van der Waals surface area contributed by atoms with Crippen molar-refractivity contribution in [3.63, 3.8) is 0 Å². The monoisotopic (exact) mass is 453 g/mol. The molecule has 0 aromatic rings. The summed E-state index contributed by atoms with van der Waals surface area (Å²) in [7, 11) is 0. The molecule has 0 spiro atoms. The van der Waals surface area contributed by atoms with Crippen LogP contribution in [0.15, 0.2) is 24.3 Å². The van der Waals surface area contributed by atoms with E-state index in [9.17, 15) is 29.4 Å². The normalized spacial score (nSPS) is 15.4. The Kier molecular flexibility index (Phi) is 15.6. The third-order valence-electron chi connectivity index (χ3n) is 5.30. The molecule has 1 radical (unpaired) electrons. The largest absolute Gasteiger partial charge is 0.481 e. The van der Waals surface area contributed by atoms with E-state index in [0.29, 0.717) is 32.1 Å². The van der Waals surface area contributed by atoms with Gasteiger partial charge >= 0.3 is 23.9 Å². The smallest absolute Gasteiger partial charge is 0.310 e. The maximum absolute atomic E-state index is 11.7. The van der Waals surface area contributed by atoms with Crippen LogP contribution in [0.2, 0.25) is 0 Å². The molecular weight excluding hydrogens is 416 g/mol. The van der Waals surface area contributed by atoms with Gasteiger partial charge in [0, 0.05) is 6.42 Å². The Morgan fingerprint density at radius 1 is 0.719 bits per heavy atom. The Bertz CT molecular complexity index is 652. The standard InChI is InChI=1S/C24H37O8/c1-17(9-5-3-7-11-21(25)26)13-16-20(24(31)32)18(2)14-15-19(23(29)30)10-6-4-8-12-22(27)28/h11,13-20H,3-10,12H2,1-2H3,(H,25,26)(H,27,28)(H,29,30)(H,31,32). The number of hydrogen-bond acceptors (Lipinski definition) is 4. The molecule has 8 heteroatoms. The van der Waals surface area contributed by atoms with E-state index >= 15 is 0 Å². The van der Waals surface area contributed by atoms with Crippen LogP contribution in [0.3, 0.4) is 0 Å². The number of allylic oxidation sites excluding steroid dienone is 2. The zero-order valence-electron chi connectivity index (χ0n) is 19.0. The van der Waals surface area contributed by atoms with Gasteiger partial charge in [-0.25, -0.2) is 0 Å². The van der Waals surface area contributed by atoms with E-state index in [1.54, 1.807) is 19.1 Å². The second-order valence-corrected chi connectivity index (χ2v) is 8.23. The molecule has 0 aliphatic heterocycles. The molecule has 4 atom stereocenters. The van der Waals surface area contributed by atoms with Crippen LogP contribution < -0.4 is 0 Å². The van der Waals surface area contributed by atoms with Gasteiger partial charge in [-0.05, 0) is 37.5 Å². The molecule has 4 unspecified atom stereocenters. The van der Waals surface area contributed by atoms with Crippen LogP contribution >= 0.6 is 0 Å². The minimum Gasteiger partial charge on any atom is -0.481 e. The lowest BCUT2D eigenvalue weighted by Gasteiger charge is -2.15. The van der Waals surface area contributed by atoms with Crippen LogP contribution in [-0.4, -0.2) is 44.3 Å².